The van der Waals surface area contributed by atoms with Crippen LogP contribution in [0.15, 0.2) is 24.3 Å². The van der Waals surface area contributed by atoms with Gasteiger partial charge in [0.1, 0.15) is 5.75 Å². The predicted octanol–water partition coefficient (Wildman–Crippen LogP) is 1.55. The fourth-order valence-corrected chi connectivity index (χ4v) is 1.26. The van der Waals surface area contributed by atoms with Crippen LogP contribution in [0.4, 0.5) is 8.78 Å². The van der Waals surface area contributed by atoms with Gasteiger partial charge >= 0.3 is 6.61 Å². The number of carbonyl (C=O) groups is 1. The number of amides is 1. The summed E-state index contributed by atoms with van der Waals surface area (Å²) in [6.45, 7) is -2.35. The van der Waals surface area contributed by atoms with Crippen LogP contribution in [-0.2, 0) is 11.3 Å². The minimum absolute atomic E-state index is 0. The van der Waals surface area contributed by atoms with E-state index in [1.54, 1.807) is 19.2 Å². The second-order valence-corrected chi connectivity index (χ2v) is 3.33. The van der Waals surface area contributed by atoms with E-state index in [1.807, 2.05) is 0 Å². The number of alkyl halides is 2. The van der Waals surface area contributed by atoms with Gasteiger partial charge in [0, 0.05) is 6.54 Å². The molecule has 1 aromatic carbocycles. The van der Waals surface area contributed by atoms with Crippen molar-refractivity contribution in [3.8, 4) is 5.75 Å². The molecule has 0 saturated heterocycles. The molecule has 7 heteroatoms. The molecule has 102 valence electrons. The first-order valence-corrected chi connectivity index (χ1v) is 5.07. The van der Waals surface area contributed by atoms with Crippen molar-refractivity contribution >= 4 is 18.3 Å². The van der Waals surface area contributed by atoms with E-state index in [0.29, 0.717) is 5.56 Å². The summed E-state index contributed by atoms with van der Waals surface area (Å²) >= 11 is 0. The number of nitrogens with one attached hydrogen (secondary N) is 2. The molecule has 4 nitrogen and oxygen atoms in total. The van der Waals surface area contributed by atoms with E-state index in [4.69, 9.17) is 0 Å². The summed E-state index contributed by atoms with van der Waals surface area (Å²) in [5, 5.41) is 5.34. The largest absolute Gasteiger partial charge is 0.435 e. The van der Waals surface area contributed by atoms with Gasteiger partial charge in [-0.2, -0.15) is 8.78 Å². The third-order valence-corrected chi connectivity index (χ3v) is 1.95. The average Bonchev–Trinajstić information content (AvgIpc) is 2.26. The van der Waals surface area contributed by atoms with Gasteiger partial charge in [0.15, 0.2) is 0 Å². The molecule has 0 aromatic heterocycles. The van der Waals surface area contributed by atoms with Gasteiger partial charge in [0.05, 0.1) is 6.54 Å². The molecule has 0 heterocycles. The van der Waals surface area contributed by atoms with Gasteiger partial charge in [0.25, 0.3) is 0 Å². The topological polar surface area (TPSA) is 50.4 Å². The van der Waals surface area contributed by atoms with Gasteiger partial charge in [0.2, 0.25) is 5.91 Å². The van der Waals surface area contributed by atoms with Crippen LogP contribution in [0.1, 0.15) is 5.56 Å². The van der Waals surface area contributed by atoms with Crippen molar-refractivity contribution in [1.29, 1.82) is 0 Å². The summed E-state index contributed by atoms with van der Waals surface area (Å²) in [6.07, 6.45) is 0. The maximum atomic E-state index is 12.0. The van der Waals surface area contributed by atoms with E-state index >= 15 is 0 Å². The number of ether oxygens (including phenoxy) is 1. The number of hydrogen-bond acceptors (Lipinski definition) is 3. The molecule has 0 saturated carbocycles. The highest BCUT2D eigenvalue weighted by Crippen LogP contribution is 2.15. The number of benzene rings is 1. The molecule has 0 aliphatic heterocycles. The minimum atomic E-state index is -2.84. The summed E-state index contributed by atoms with van der Waals surface area (Å²) in [6, 6.07) is 6.21. The van der Waals surface area contributed by atoms with Crippen molar-refractivity contribution in [2.75, 3.05) is 13.6 Å². The van der Waals surface area contributed by atoms with E-state index in [1.165, 1.54) is 12.1 Å². The van der Waals surface area contributed by atoms with E-state index in [9.17, 15) is 13.6 Å². The highest BCUT2D eigenvalue weighted by atomic mass is 35.5. The normalized spacial score (nSPS) is 9.78. The van der Waals surface area contributed by atoms with Gasteiger partial charge in [-0.1, -0.05) is 12.1 Å². The Kier molecular flexibility index (Phi) is 7.98. The Balaban J connectivity index is 0.00000289. The summed E-state index contributed by atoms with van der Waals surface area (Å²) < 4.78 is 28.2. The lowest BCUT2D eigenvalue weighted by atomic mass is 10.2. The van der Waals surface area contributed by atoms with Crippen LogP contribution in [0.25, 0.3) is 0 Å². The van der Waals surface area contributed by atoms with Crippen LogP contribution in [0.3, 0.4) is 0 Å². The molecule has 1 rings (SSSR count). The molecule has 1 amide bonds. The molecule has 0 spiro atoms. The molecule has 0 aliphatic carbocycles. The number of likely N-dealkylation sites (N-methyl/N-ethyl adjacent to an activating group) is 1. The Morgan fingerprint density at radius 1 is 1.44 bits per heavy atom. The quantitative estimate of drug-likeness (QED) is 0.831. The Morgan fingerprint density at radius 3 is 2.78 bits per heavy atom. The highest BCUT2D eigenvalue weighted by molar-refractivity contribution is 5.85. The highest BCUT2D eigenvalue weighted by Gasteiger charge is 2.05. The first kappa shape index (κ1) is 16.6. The second-order valence-electron chi connectivity index (χ2n) is 3.33. The van der Waals surface area contributed by atoms with Crippen molar-refractivity contribution in [2.24, 2.45) is 0 Å². The van der Waals surface area contributed by atoms with Crippen LogP contribution in [0, 0.1) is 0 Å². The summed E-state index contributed by atoms with van der Waals surface area (Å²) in [5.41, 5.74) is 0.701. The van der Waals surface area contributed by atoms with Crippen molar-refractivity contribution in [2.45, 2.75) is 13.2 Å². The third-order valence-electron chi connectivity index (χ3n) is 1.95. The summed E-state index contributed by atoms with van der Waals surface area (Å²) in [7, 11) is 1.66. The van der Waals surface area contributed by atoms with Crippen LogP contribution in [0.2, 0.25) is 0 Å². The Bertz CT molecular complexity index is 378. The number of rotatable bonds is 6. The second kappa shape index (κ2) is 8.66. The maximum absolute atomic E-state index is 12.0. The lowest BCUT2D eigenvalue weighted by Crippen LogP contribution is -2.31. The van der Waals surface area contributed by atoms with E-state index in [-0.39, 0.29) is 37.2 Å². The monoisotopic (exact) mass is 280 g/mol. The predicted molar refractivity (Wildman–Crippen MR) is 66.1 cm³/mol. The zero-order chi connectivity index (χ0) is 12.7. The first-order valence-electron chi connectivity index (χ1n) is 5.07. The van der Waals surface area contributed by atoms with Crippen LogP contribution >= 0.6 is 12.4 Å². The Morgan fingerprint density at radius 2 is 2.17 bits per heavy atom. The van der Waals surface area contributed by atoms with E-state index in [0.717, 1.165) is 0 Å². The summed E-state index contributed by atoms with van der Waals surface area (Å²) in [5.74, 6) is -0.0759. The van der Waals surface area contributed by atoms with E-state index < -0.39 is 6.61 Å². The minimum Gasteiger partial charge on any atom is -0.435 e. The molecular formula is C11H15ClF2N2O2. The lowest BCUT2D eigenvalue weighted by Gasteiger charge is -2.08. The average molecular weight is 281 g/mol. The zero-order valence-corrected chi connectivity index (χ0v) is 10.6. The van der Waals surface area contributed by atoms with Gasteiger partial charge in [-0.3, -0.25) is 4.79 Å². The lowest BCUT2D eigenvalue weighted by molar-refractivity contribution is -0.120. The van der Waals surface area contributed by atoms with Crippen molar-refractivity contribution in [3.05, 3.63) is 29.8 Å². The molecule has 0 atom stereocenters. The zero-order valence-electron chi connectivity index (χ0n) is 9.78. The molecule has 0 bridgehead atoms. The molecule has 0 unspecified atom stereocenters. The number of hydrogen-bond donors (Lipinski definition) is 2. The first-order chi connectivity index (χ1) is 8.11. The molecule has 0 aliphatic rings. The molecule has 0 fully saturated rings. The van der Waals surface area contributed by atoms with Crippen LogP contribution in [0.5, 0.6) is 5.75 Å². The molecule has 2 N–H and O–H groups in total. The Hall–Kier alpha value is -1.40. The van der Waals surface area contributed by atoms with E-state index in [2.05, 4.69) is 15.4 Å². The van der Waals surface area contributed by atoms with Crippen molar-refractivity contribution < 1.29 is 18.3 Å². The maximum Gasteiger partial charge on any atom is 0.387 e. The molecule has 1 aromatic rings. The summed E-state index contributed by atoms with van der Waals surface area (Å²) in [4.78, 5) is 11.2. The SMILES string of the molecule is CNCC(=O)NCc1cccc(OC(F)F)c1.Cl. The fraction of sp³-hybridized carbons (Fsp3) is 0.364. The standard InChI is InChI=1S/C11H14F2N2O2.ClH/c1-14-7-10(16)15-6-8-3-2-4-9(5-8)17-11(12)13;/h2-5,11,14H,6-7H2,1H3,(H,15,16);1H. The van der Waals surface area contributed by atoms with Crippen LogP contribution in [-0.4, -0.2) is 26.1 Å². The molecule has 0 radical (unpaired) electrons. The number of halogens is 3. The van der Waals surface area contributed by atoms with Gasteiger partial charge < -0.3 is 15.4 Å². The fourth-order valence-electron chi connectivity index (χ4n) is 1.26. The van der Waals surface area contributed by atoms with Crippen molar-refractivity contribution in [3.63, 3.8) is 0 Å². The van der Waals surface area contributed by atoms with Crippen LogP contribution < -0.4 is 15.4 Å². The number of carbonyl (C=O) groups excluding carboxylic acids is 1. The molecule has 18 heavy (non-hydrogen) atoms. The smallest absolute Gasteiger partial charge is 0.387 e. The van der Waals surface area contributed by atoms with Gasteiger partial charge in [-0.05, 0) is 24.7 Å². The Labute approximate surface area is 110 Å². The van der Waals surface area contributed by atoms with Gasteiger partial charge in [-0.15, -0.1) is 12.4 Å². The van der Waals surface area contributed by atoms with Gasteiger partial charge in [-0.25, -0.2) is 0 Å². The molecular weight excluding hydrogens is 266 g/mol. The van der Waals surface area contributed by atoms with Crippen molar-refractivity contribution in [1.82, 2.24) is 10.6 Å². The third kappa shape index (κ3) is 6.36.